The Kier molecular flexibility index (Phi) is 1.90. The topological polar surface area (TPSA) is 19.9 Å². The highest BCUT2D eigenvalue weighted by Crippen LogP contribution is 2.36. The Labute approximate surface area is 69.0 Å². The van der Waals surface area contributed by atoms with Crippen molar-refractivity contribution in [1.82, 2.24) is 4.90 Å². The Hall–Kier alpha value is -0.0800. The lowest BCUT2D eigenvalue weighted by Crippen LogP contribution is -2.87. The lowest BCUT2D eigenvalue weighted by molar-refractivity contribution is -0.667. The Morgan fingerprint density at radius 2 is 1.91 bits per heavy atom. The summed E-state index contributed by atoms with van der Waals surface area (Å²) in [6, 6.07) is 0. The monoisotopic (exact) mass is 155 g/mol. The van der Waals surface area contributed by atoms with Crippen molar-refractivity contribution in [3.8, 4) is 0 Å². The van der Waals surface area contributed by atoms with Gasteiger partial charge >= 0.3 is 0 Å². The van der Waals surface area contributed by atoms with Gasteiger partial charge in [-0.2, -0.15) is 0 Å². The third kappa shape index (κ3) is 1.42. The van der Waals surface area contributed by atoms with Crippen LogP contribution in [-0.2, 0) is 0 Å². The summed E-state index contributed by atoms with van der Waals surface area (Å²) in [5, 5.41) is 2.46. The number of likely N-dealkylation sites (tertiary alicyclic amines) is 1. The first-order valence-corrected chi connectivity index (χ1v) is 4.81. The fraction of sp³-hybridized carbons (Fsp3) is 1.00. The van der Waals surface area contributed by atoms with Gasteiger partial charge in [0, 0.05) is 19.4 Å². The first-order chi connectivity index (χ1) is 5.31. The summed E-state index contributed by atoms with van der Waals surface area (Å²) in [6.07, 6.45) is 4.37. The van der Waals surface area contributed by atoms with Crippen LogP contribution in [0.25, 0.3) is 0 Å². The molecule has 2 heteroatoms. The van der Waals surface area contributed by atoms with Crippen LogP contribution < -0.4 is 5.32 Å². The fourth-order valence-electron chi connectivity index (χ4n) is 2.65. The molecule has 1 spiro atoms. The van der Waals surface area contributed by atoms with Crippen LogP contribution in [0.5, 0.6) is 0 Å². The first-order valence-electron chi connectivity index (χ1n) is 4.81. The van der Waals surface area contributed by atoms with Crippen molar-refractivity contribution < 1.29 is 5.32 Å². The lowest BCUT2D eigenvalue weighted by Gasteiger charge is -2.31. The molecule has 2 N–H and O–H groups in total. The van der Waals surface area contributed by atoms with Crippen molar-refractivity contribution in [3.63, 3.8) is 0 Å². The summed E-state index contributed by atoms with van der Waals surface area (Å²) < 4.78 is 0. The maximum Gasteiger partial charge on any atom is 0.0761 e. The minimum absolute atomic E-state index is 0.740. The molecule has 0 atom stereocenters. The first kappa shape index (κ1) is 7.56. The van der Waals surface area contributed by atoms with E-state index in [1.165, 1.54) is 45.4 Å². The third-order valence-corrected chi connectivity index (χ3v) is 3.39. The molecule has 2 nitrogen and oxygen atoms in total. The summed E-state index contributed by atoms with van der Waals surface area (Å²) in [7, 11) is 2.26. The maximum absolute atomic E-state index is 2.49. The van der Waals surface area contributed by atoms with E-state index in [1.807, 2.05) is 0 Å². The summed E-state index contributed by atoms with van der Waals surface area (Å²) in [6.45, 7) is 5.43. The Balaban J connectivity index is 1.98. The fourth-order valence-corrected chi connectivity index (χ4v) is 2.65. The van der Waals surface area contributed by atoms with Gasteiger partial charge in [-0.05, 0) is 25.4 Å². The van der Waals surface area contributed by atoms with Crippen molar-refractivity contribution in [2.45, 2.75) is 19.3 Å². The number of hydrogen-bond donors (Lipinski definition) is 1. The standard InChI is InChI=1S/C9H18N2/c1-11-7-4-9(8-11)2-5-10-6-3-9/h10H,2-8H2,1H3/p+1. The number of nitrogens with two attached hydrogens (primary N) is 1. The van der Waals surface area contributed by atoms with Crippen LogP contribution in [0.1, 0.15) is 19.3 Å². The normalized spacial score (nSPS) is 31.4. The minimum Gasteiger partial charge on any atom is -0.346 e. The molecule has 2 heterocycles. The zero-order chi connectivity index (χ0) is 7.73. The zero-order valence-corrected chi connectivity index (χ0v) is 7.47. The van der Waals surface area contributed by atoms with Gasteiger partial charge in [0.25, 0.3) is 0 Å². The molecule has 0 radical (unpaired) electrons. The largest absolute Gasteiger partial charge is 0.346 e. The highest BCUT2D eigenvalue weighted by atomic mass is 15.1. The van der Waals surface area contributed by atoms with Crippen molar-refractivity contribution >= 4 is 0 Å². The van der Waals surface area contributed by atoms with Crippen LogP contribution in [0.2, 0.25) is 0 Å². The van der Waals surface area contributed by atoms with Crippen molar-refractivity contribution in [3.05, 3.63) is 0 Å². The molecule has 2 aliphatic heterocycles. The van der Waals surface area contributed by atoms with Crippen LogP contribution in [0.4, 0.5) is 0 Å². The van der Waals surface area contributed by atoms with Gasteiger partial charge in [-0.3, -0.25) is 0 Å². The Morgan fingerprint density at radius 3 is 2.45 bits per heavy atom. The van der Waals surface area contributed by atoms with Gasteiger partial charge in [-0.15, -0.1) is 0 Å². The molecular weight excluding hydrogens is 136 g/mol. The average molecular weight is 155 g/mol. The molecule has 0 aromatic rings. The number of rotatable bonds is 0. The molecule has 2 rings (SSSR count). The summed E-state index contributed by atoms with van der Waals surface area (Å²) >= 11 is 0. The van der Waals surface area contributed by atoms with Gasteiger partial charge in [0.05, 0.1) is 13.1 Å². The van der Waals surface area contributed by atoms with E-state index >= 15 is 0 Å². The highest BCUT2D eigenvalue weighted by Gasteiger charge is 2.38. The van der Waals surface area contributed by atoms with Crippen molar-refractivity contribution in [2.75, 3.05) is 33.2 Å². The zero-order valence-electron chi connectivity index (χ0n) is 7.47. The summed E-state index contributed by atoms with van der Waals surface area (Å²) in [5.74, 6) is 0. The predicted octanol–water partition coefficient (Wildman–Crippen LogP) is -0.334. The molecule has 0 aromatic heterocycles. The highest BCUT2D eigenvalue weighted by molar-refractivity contribution is 4.89. The molecule has 0 unspecified atom stereocenters. The van der Waals surface area contributed by atoms with Crippen LogP contribution >= 0.6 is 0 Å². The number of nitrogens with zero attached hydrogens (tertiary/aromatic N) is 1. The second-order valence-electron chi connectivity index (χ2n) is 4.35. The molecule has 2 saturated heterocycles. The minimum atomic E-state index is 0.740. The quantitative estimate of drug-likeness (QED) is 0.507. The molecule has 11 heavy (non-hydrogen) atoms. The van der Waals surface area contributed by atoms with Gasteiger partial charge < -0.3 is 10.2 Å². The van der Waals surface area contributed by atoms with Crippen LogP contribution in [0, 0.1) is 5.41 Å². The SMILES string of the molecule is CN1CCC2(CC[NH2+]CC2)C1. The van der Waals surface area contributed by atoms with Gasteiger partial charge in [-0.25, -0.2) is 0 Å². The van der Waals surface area contributed by atoms with E-state index in [0.717, 1.165) is 5.41 Å². The molecule has 0 aliphatic carbocycles. The van der Waals surface area contributed by atoms with Gasteiger partial charge in [0.15, 0.2) is 0 Å². The third-order valence-electron chi connectivity index (χ3n) is 3.39. The van der Waals surface area contributed by atoms with E-state index in [-0.39, 0.29) is 0 Å². The predicted molar refractivity (Wildman–Crippen MR) is 45.4 cm³/mol. The van der Waals surface area contributed by atoms with E-state index in [2.05, 4.69) is 17.3 Å². The van der Waals surface area contributed by atoms with Gasteiger partial charge in [0.2, 0.25) is 0 Å². The molecule has 0 saturated carbocycles. The van der Waals surface area contributed by atoms with Gasteiger partial charge in [0.1, 0.15) is 0 Å². The van der Waals surface area contributed by atoms with Crippen LogP contribution in [-0.4, -0.2) is 38.1 Å². The van der Waals surface area contributed by atoms with Crippen molar-refractivity contribution in [1.29, 1.82) is 0 Å². The second-order valence-corrected chi connectivity index (χ2v) is 4.35. The molecular formula is C9H19N2+. The molecule has 2 aliphatic rings. The van der Waals surface area contributed by atoms with Crippen LogP contribution in [0.3, 0.4) is 0 Å². The summed E-state index contributed by atoms with van der Waals surface area (Å²) in [5.41, 5.74) is 0.740. The Morgan fingerprint density at radius 1 is 1.18 bits per heavy atom. The second kappa shape index (κ2) is 2.76. The Bertz CT molecular complexity index is 133. The molecule has 64 valence electrons. The lowest BCUT2D eigenvalue weighted by atomic mass is 9.78. The van der Waals surface area contributed by atoms with E-state index in [0.29, 0.717) is 0 Å². The molecule has 0 bridgehead atoms. The maximum atomic E-state index is 2.49. The van der Waals surface area contributed by atoms with Gasteiger partial charge in [-0.1, -0.05) is 0 Å². The van der Waals surface area contributed by atoms with E-state index < -0.39 is 0 Å². The average Bonchev–Trinajstić information content (AvgIpc) is 2.34. The van der Waals surface area contributed by atoms with E-state index in [9.17, 15) is 0 Å². The molecule has 2 fully saturated rings. The van der Waals surface area contributed by atoms with Crippen LogP contribution in [0.15, 0.2) is 0 Å². The smallest absolute Gasteiger partial charge is 0.0761 e. The number of hydrogen-bond acceptors (Lipinski definition) is 1. The number of quaternary nitrogens is 1. The molecule has 0 aromatic carbocycles. The van der Waals surface area contributed by atoms with E-state index in [4.69, 9.17) is 0 Å². The summed E-state index contributed by atoms with van der Waals surface area (Å²) in [4.78, 5) is 2.49. The number of piperidine rings is 1. The molecule has 0 amide bonds. The van der Waals surface area contributed by atoms with Crippen molar-refractivity contribution in [2.24, 2.45) is 5.41 Å². The van der Waals surface area contributed by atoms with E-state index in [1.54, 1.807) is 0 Å².